The summed E-state index contributed by atoms with van der Waals surface area (Å²) in [5.74, 6) is -1.09. The predicted octanol–water partition coefficient (Wildman–Crippen LogP) is 3.46. The highest BCUT2D eigenvalue weighted by Crippen LogP contribution is 2.40. The fourth-order valence-electron chi connectivity index (χ4n) is 4.67. The van der Waals surface area contributed by atoms with Crippen LogP contribution in [0.4, 0.5) is 4.39 Å². The van der Waals surface area contributed by atoms with Crippen molar-refractivity contribution in [2.45, 2.75) is 45.4 Å². The molecule has 1 atom stereocenters. The molecule has 31 heavy (non-hydrogen) atoms. The molecule has 2 aliphatic rings. The van der Waals surface area contributed by atoms with E-state index in [9.17, 15) is 19.1 Å². The molecule has 0 amide bonds. The lowest BCUT2D eigenvalue weighted by atomic mass is 9.86. The number of rotatable bonds is 3. The van der Waals surface area contributed by atoms with Crippen LogP contribution < -0.4 is 5.56 Å². The van der Waals surface area contributed by atoms with Crippen LogP contribution in [0.5, 0.6) is 0 Å². The van der Waals surface area contributed by atoms with Crippen LogP contribution in [0.2, 0.25) is 0 Å². The first-order valence-electron chi connectivity index (χ1n) is 10.1. The minimum Gasteiger partial charge on any atom is -0.458 e. The summed E-state index contributed by atoms with van der Waals surface area (Å²) in [6.45, 7) is 3.55. The van der Waals surface area contributed by atoms with Gasteiger partial charge in [0.2, 0.25) is 0 Å². The molecule has 0 unspecified atom stereocenters. The molecule has 2 aliphatic heterocycles. The minimum absolute atomic E-state index is 0.0824. The van der Waals surface area contributed by atoms with Crippen molar-refractivity contribution in [3.8, 4) is 11.4 Å². The predicted molar refractivity (Wildman–Crippen MR) is 117 cm³/mol. The van der Waals surface area contributed by atoms with Crippen molar-refractivity contribution in [2.75, 3.05) is 5.33 Å². The Morgan fingerprint density at radius 2 is 2.06 bits per heavy atom. The molecule has 2 aromatic heterocycles. The minimum atomic E-state index is -1.87. The van der Waals surface area contributed by atoms with Gasteiger partial charge in [0, 0.05) is 27.9 Å². The third kappa shape index (κ3) is 2.74. The summed E-state index contributed by atoms with van der Waals surface area (Å²) in [5, 5.41) is 12.6. The topological polar surface area (TPSA) is 81.4 Å². The monoisotopic (exact) mass is 486 g/mol. The first kappa shape index (κ1) is 20.3. The maximum absolute atomic E-state index is 14.3. The summed E-state index contributed by atoms with van der Waals surface area (Å²) in [5.41, 5.74) is 2.47. The van der Waals surface area contributed by atoms with Crippen LogP contribution in [-0.2, 0) is 34.7 Å². The second kappa shape index (κ2) is 6.97. The lowest BCUT2D eigenvalue weighted by Crippen LogP contribution is -2.44. The number of nitrogens with zero attached hydrogens (tertiary/aromatic N) is 2. The van der Waals surface area contributed by atoms with Crippen molar-refractivity contribution in [1.29, 1.82) is 0 Å². The number of esters is 1. The van der Waals surface area contributed by atoms with Crippen molar-refractivity contribution in [3.63, 3.8) is 0 Å². The van der Waals surface area contributed by atoms with Crippen molar-refractivity contribution in [3.05, 3.63) is 62.2 Å². The summed E-state index contributed by atoms with van der Waals surface area (Å²) in [4.78, 5) is 30.3. The zero-order valence-electron chi connectivity index (χ0n) is 17.1. The molecule has 0 fully saturated rings. The molecule has 5 rings (SSSR count). The van der Waals surface area contributed by atoms with Gasteiger partial charge in [0.05, 0.1) is 29.0 Å². The van der Waals surface area contributed by atoms with E-state index in [0.717, 1.165) is 16.5 Å². The van der Waals surface area contributed by atoms with E-state index < -0.39 is 11.6 Å². The average Bonchev–Trinajstić information content (AvgIpc) is 3.11. The number of halogens is 2. The number of carbonyl (C=O) groups excluding carboxylic acids is 1. The van der Waals surface area contributed by atoms with E-state index in [0.29, 0.717) is 40.8 Å². The van der Waals surface area contributed by atoms with Gasteiger partial charge in [0.1, 0.15) is 12.4 Å². The first-order chi connectivity index (χ1) is 14.8. The molecule has 6 nitrogen and oxygen atoms in total. The van der Waals surface area contributed by atoms with Gasteiger partial charge in [-0.2, -0.15) is 0 Å². The third-order valence-electron chi connectivity index (χ3n) is 6.43. The maximum Gasteiger partial charge on any atom is 0.343 e. The highest BCUT2D eigenvalue weighted by Gasteiger charge is 2.45. The number of fused-ring (bicyclic) bond motifs is 5. The number of aromatic nitrogens is 2. The van der Waals surface area contributed by atoms with Crippen molar-refractivity contribution in [1.82, 2.24) is 9.55 Å². The number of hydrogen-bond acceptors (Lipinski definition) is 5. The van der Waals surface area contributed by atoms with E-state index in [1.807, 2.05) is 0 Å². The van der Waals surface area contributed by atoms with Crippen LogP contribution in [0.3, 0.4) is 0 Å². The summed E-state index contributed by atoms with van der Waals surface area (Å²) in [7, 11) is 0. The molecule has 0 saturated heterocycles. The van der Waals surface area contributed by atoms with E-state index in [1.54, 1.807) is 30.5 Å². The van der Waals surface area contributed by atoms with E-state index >= 15 is 0 Å². The molecule has 0 saturated carbocycles. The zero-order chi connectivity index (χ0) is 22.1. The summed E-state index contributed by atoms with van der Waals surface area (Å²) < 4.78 is 21.0. The molecular weight excluding hydrogens is 467 g/mol. The quantitative estimate of drug-likeness (QED) is 0.354. The standard InChI is InChI=1S/C23H20BrFN2O4/c1-3-23(30)16-7-19-20-14(9-27(19)21(28)15(16)10-31-22(23)29)12(4-5-24)13-6-11(2)17(25)8-18(13)26-20/h6-8,30H,3-5,9-10H2,1-2H3/t23-/m0/s1. The van der Waals surface area contributed by atoms with Crippen molar-refractivity contribution < 1.29 is 19.0 Å². The Balaban J connectivity index is 1.84. The molecule has 0 aliphatic carbocycles. The first-order valence-corrected chi connectivity index (χ1v) is 11.3. The number of benzene rings is 1. The van der Waals surface area contributed by atoms with Gasteiger partial charge in [-0.3, -0.25) is 4.79 Å². The number of aliphatic hydroxyl groups is 1. The number of ether oxygens (including phenoxy) is 1. The van der Waals surface area contributed by atoms with Crippen LogP contribution >= 0.6 is 15.9 Å². The third-order valence-corrected chi connectivity index (χ3v) is 6.83. The van der Waals surface area contributed by atoms with Gasteiger partial charge in [-0.1, -0.05) is 22.9 Å². The number of hydrogen-bond donors (Lipinski definition) is 1. The summed E-state index contributed by atoms with van der Waals surface area (Å²) in [6, 6.07) is 4.89. The van der Waals surface area contributed by atoms with E-state index in [2.05, 4.69) is 15.9 Å². The molecule has 3 aromatic rings. The molecule has 8 heteroatoms. The van der Waals surface area contributed by atoms with E-state index in [4.69, 9.17) is 9.72 Å². The van der Waals surface area contributed by atoms with Crippen molar-refractivity contribution >= 4 is 32.8 Å². The molecule has 0 radical (unpaired) electrons. The van der Waals surface area contributed by atoms with Gasteiger partial charge < -0.3 is 14.4 Å². The van der Waals surface area contributed by atoms with Crippen LogP contribution in [-0.4, -0.2) is 26.0 Å². The van der Waals surface area contributed by atoms with Gasteiger partial charge in [-0.25, -0.2) is 14.2 Å². The Bertz CT molecular complexity index is 1350. The lowest BCUT2D eigenvalue weighted by Gasteiger charge is -2.31. The Labute approximate surface area is 185 Å². The smallest absolute Gasteiger partial charge is 0.343 e. The number of pyridine rings is 2. The molecular formula is C23H20BrFN2O4. The molecule has 160 valence electrons. The van der Waals surface area contributed by atoms with Crippen LogP contribution in [0, 0.1) is 12.7 Å². The van der Waals surface area contributed by atoms with Gasteiger partial charge in [-0.05, 0) is 43.0 Å². The Morgan fingerprint density at radius 3 is 2.77 bits per heavy atom. The van der Waals surface area contributed by atoms with Gasteiger partial charge in [-0.15, -0.1) is 0 Å². The molecule has 4 heterocycles. The fraction of sp³-hybridized carbons (Fsp3) is 0.348. The highest BCUT2D eigenvalue weighted by atomic mass is 79.9. The van der Waals surface area contributed by atoms with Crippen LogP contribution in [0.1, 0.15) is 41.2 Å². The number of carbonyl (C=O) groups is 1. The molecule has 0 bridgehead atoms. The number of aryl methyl sites for hydroxylation is 2. The second-order valence-electron chi connectivity index (χ2n) is 8.08. The number of alkyl halides is 1. The maximum atomic E-state index is 14.3. The Morgan fingerprint density at radius 1 is 1.29 bits per heavy atom. The van der Waals surface area contributed by atoms with E-state index in [1.165, 1.54) is 6.07 Å². The number of cyclic esters (lactones) is 1. The highest BCUT2D eigenvalue weighted by molar-refractivity contribution is 9.09. The van der Waals surface area contributed by atoms with Crippen LogP contribution in [0.25, 0.3) is 22.3 Å². The van der Waals surface area contributed by atoms with Crippen molar-refractivity contribution in [2.24, 2.45) is 0 Å². The normalized spacial score (nSPS) is 19.2. The molecule has 1 N–H and O–H groups in total. The van der Waals surface area contributed by atoms with E-state index in [-0.39, 0.29) is 35.5 Å². The van der Waals surface area contributed by atoms with Gasteiger partial charge in [0.15, 0.2) is 5.60 Å². The Kier molecular flexibility index (Phi) is 4.57. The second-order valence-corrected chi connectivity index (χ2v) is 8.87. The average molecular weight is 487 g/mol. The lowest BCUT2D eigenvalue weighted by molar-refractivity contribution is -0.172. The van der Waals surface area contributed by atoms with Crippen LogP contribution in [0.15, 0.2) is 23.0 Å². The van der Waals surface area contributed by atoms with Gasteiger partial charge >= 0.3 is 5.97 Å². The Hall–Kier alpha value is -2.58. The molecule has 0 spiro atoms. The zero-order valence-corrected chi connectivity index (χ0v) is 18.7. The summed E-state index contributed by atoms with van der Waals surface area (Å²) >= 11 is 3.50. The SMILES string of the molecule is CC[C@@]1(O)C(=O)OCc2c1cc1n(c2=O)Cc2c-1nc1cc(F)c(C)cc1c2CCBr. The van der Waals surface area contributed by atoms with Gasteiger partial charge in [0.25, 0.3) is 5.56 Å². The summed E-state index contributed by atoms with van der Waals surface area (Å²) in [6.07, 6.45) is 0.772. The molecule has 1 aromatic carbocycles. The fourth-order valence-corrected chi connectivity index (χ4v) is 5.07. The largest absolute Gasteiger partial charge is 0.458 e.